The van der Waals surface area contributed by atoms with E-state index in [1.54, 1.807) is 0 Å². The maximum Gasteiger partial charge on any atom is 0.264 e. The fraction of sp³-hybridized carbons (Fsp3) is 0. The van der Waals surface area contributed by atoms with Crippen LogP contribution in [0.1, 0.15) is 0 Å². The van der Waals surface area contributed by atoms with Gasteiger partial charge >= 0.3 is 0 Å². The molecule has 0 unspecified atom stereocenters. The van der Waals surface area contributed by atoms with E-state index in [0.717, 1.165) is 24.3 Å². The Labute approximate surface area is 113 Å². The van der Waals surface area contributed by atoms with Crippen LogP contribution < -0.4 is 4.72 Å². The van der Waals surface area contributed by atoms with E-state index in [1.807, 2.05) is 4.72 Å². The average molecular weight is 305 g/mol. The molecule has 19 heavy (non-hydrogen) atoms. The molecule has 1 aromatic heterocycles. The van der Waals surface area contributed by atoms with Crippen LogP contribution in [0.25, 0.3) is 0 Å². The number of anilines is 1. The van der Waals surface area contributed by atoms with Gasteiger partial charge in [0, 0.05) is 0 Å². The van der Waals surface area contributed by atoms with Crippen molar-refractivity contribution >= 4 is 27.4 Å². The summed E-state index contributed by atoms with van der Waals surface area (Å²) in [5.74, 6) is -1.82. The molecule has 0 atom stereocenters. The van der Waals surface area contributed by atoms with Gasteiger partial charge in [0.25, 0.3) is 10.0 Å². The van der Waals surface area contributed by atoms with Gasteiger partial charge in [-0.05, 0) is 30.3 Å². The molecule has 2 aromatic rings. The third-order valence-corrected chi connectivity index (χ3v) is 3.97. The summed E-state index contributed by atoms with van der Waals surface area (Å²) in [7, 11) is -4.13. The molecule has 0 aliphatic rings. The van der Waals surface area contributed by atoms with Gasteiger partial charge in [-0.25, -0.2) is 17.8 Å². The Morgan fingerprint density at radius 1 is 1.16 bits per heavy atom. The lowest BCUT2D eigenvalue weighted by molar-refractivity contribution is 0.584. The lowest BCUT2D eigenvalue weighted by atomic mass is 10.3. The van der Waals surface area contributed by atoms with Gasteiger partial charge in [0.2, 0.25) is 5.95 Å². The summed E-state index contributed by atoms with van der Waals surface area (Å²) in [4.78, 5) is 2.90. The summed E-state index contributed by atoms with van der Waals surface area (Å²) in [5, 5.41) is -0.148. The topological polar surface area (TPSA) is 59.1 Å². The highest BCUT2D eigenvalue weighted by Crippen LogP contribution is 2.24. The highest BCUT2D eigenvalue weighted by molar-refractivity contribution is 7.92. The molecule has 0 amide bonds. The highest BCUT2D eigenvalue weighted by Gasteiger charge is 2.19. The van der Waals surface area contributed by atoms with Crippen LogP contribution in [0.5, 0.6) is 0 Å². The van der Waals surface area contributed by atoms with Crippen LogP contribution in [0.3, 0.4) is 0 Å². The van der Waals surface area contributed by atoms with Crippen LogP contribution >= 0.6 is 11.6 Å². The average Bonchev–Trinajstić information content (AvgIpc) is 2.31. The number of hydrogen-bond donors (Lipinski definition) is 1. The van der Waals surface area contributed by atoms with Crippen molar-refractivity contribution in [1.82, 2.24) is 4.98 Å². The van der Waals surface area contributed by atoms with Crippen molar-refractivity contribution in [2.24, 2.45) is 0 Å². The maximum atomic E-state index is 13.1. The van der Waals surface area contributed by atoms with Gasteiger partial charge in [0.05, 0.1) is 5.02 Å². The maximum absolute atomic E-state index is 13.1. The molecular formula is C11H7ClF2N2O2S. The number of aromatic nitrogens is 1. The van der Waals surface area contributed by atoms with E-state index >= 15 is 0 Å². The van der Waals surface area contributed by atoms with Gasteiger partial charge in [-0.15, -0.1) is 0 Å². The van der Waals surface area contributed by atoms with E-state index in [9.17, 15) is 17.2 Å². The zero-order valence-corrected chi connectivity index (χ0v) is 10.8. The van der Waals surface area contributed by atoms with Gasteiger partial charge in [0.1, 0.15) is 16.5 Å². The normalized spacial score (nSPS) is 11.3. The summed E-state index contributed by atoms with van der Waals surface area (Å²) in [6, 6.07) is 6.52. The minimum Gasteiger partial charge on any atom is -0.263 e. The summed E-state index contributed by atoms with van der Waals surface area (Å²) >= 11 is 5.70. The van der Waals surface area contributed by atoms with Gasteiger partial charge < -0.3 is 0 Å². The van der Waals surface area contributed by atoms with E-state index in [2.05, 4.69) is 4.98 Å². The highest BCUT2D eigenvalue weighted by atomic mass is 35.5. The standard InChI is InChI=1S/C11H7ClF2N2O2S/c12-8-5-4-7(13)6-9(8)19(17,18)16-11-3-1-2-10(14)15-11/h1-6H,(H,15,16). The SMILES string of the molecule is O=S(=O)(Nc1cccc(F)n1)c1cc(F)ccc1Cl. The second-order valence-electron chi connectivity index (χ2n) is 3.53. The number of sulfonamides is 1. The molecule has 0 aliphatic carbocycles. The van der Waals surface area contributed by atoms with Crippen molar-refractivity contribution in [3.8, 4) is 0 Å². The van der Waals surface area contributed by atoms with E-state index in [1.165, 1.54) is 12.1 Å². The fourth-order valence-electron chi connectivity index (χ4n) is 1.34. The molecule has 4 nitrogen and oxygen atoms in total. The van der Waals surface area contributed by atoms with Gasteiger partial charge in [-0.2, -0.15) is 4.39 Å². The Bertz CT molecular complexity index is 722. The third-order valence-electron chi connectivity index (χ3n) is 2.14. The quantitative estimate of drug-likeness (QED) is 0.887. The predicted octanol–water partition coefficient (Wildman–Crippen LogP) is 2.81. The second-order valence-corrected chi connectivity index (χ2v) is 5.58. The monoisotopic (exact) mass is 304 g/mol. The van der Waals surface area contributed by atoms with Crippen molar-refractivity contribution < 1.29 is 17.2 Å². The van der Waals surface area contributed by atoms with Crippen LogP contribution in [0.15, 0.2) is 41.3 Å². The number of rotatable bonds is 3. The Morgan fingerprint density at radius 3 is 2.58 bits per heavy atom. The number of pyridine rings is 1. The van der Waals surface area contributed by atoms with Crippen molar-refractivity contribution in [3.05, 3.63) is 53.2 Å². The molecule has 0 fully saturated rings. The minimum atomic E-state index is -4.13. The molecule has 100 valence electrons. The molecule has 0 saturated carbocycles. The molecule has 0 spiro atoms. The number of benzene rings is 1. The molecule has 1 aromatic carbocycles. The van der Waals surface area contributed by atoms with E-state index < -0.39 is 26.7 Å². The Kier molecular flexibility index (Phi) is 3.68. The molecule has 0 saturated heterocycles. The fourth-order valence-corrected chi connectivity index (χ4v) is 2.85. The first-order chi connectivity index (χ1) is 8.88. The van der Waals surface area contributed by atoms with Crippen molar-refractivity contribution in [2.75, 3.05) is 4.72 Å². The Balaban J connectivity index is 2.40. The van der Waals surface area contributed by atoms with Crippen molar-refractivity contribution in [3.63, 3.8) is 0 Å². The minimum absolute atomic E-state index is 0.148. The van der Waals surface area contributed by atoms with Gasteiger partial charge in [0.15, 0.2) is 0 Å². The molecule has 8 heteroatoms. The van der Waals surface area contributed by atoms with Crippen LogP contribution in [0.4, 0.5) is 14.6 Å². The molecule has 1 N–H and O–H groups in total. The first-order valence-electron chi connectivity index (χ1n) is 4.99. The Hall–Kier alpha value is -1.73. The van der Waals surface area contributed by atoms with Crippen LogP contribution in [0, 0.1) is 11.8 Å². The molecule has 0 aliphatic heterocycles. The molecular weight excluding hydrogens is 298 g/mol. The summed E-state index contributed by atoms with van der Waals surface area (Å²) in [5.41, 5.74) is 0. The predicted molar refractivity (Wildman–Crippen MR) is 66.4 cm³/mol. The number of nitrogens with one attached hydrogen (secondary N) is 1. The largest absolute Gasteiger partial charge is 0.264 e. The van der Waals surface area contributed by atoms with Crippen LogP contribution in [-0.2, 0) is 10.0 Å². The van der Waals surface area contributed by atoms with E-state index in [-0.39, 0.29) is 10.8 Å². The second kappa shape index (κ2) is 5.10. The Morgan fingerprint density at radius 2 is 1.89 bits per heavy atom. The molecule has 2 rings (SSSR count). The number of nitrogens with zero attached hydrogens (tertiary/aromatic N) is 1. The van der Waals surface area contributed by atoms with E-state index in [4.69, 9.17) is 11.6 Å². The van der Waals surface area contributed by atoms with Crippen molar-refractivity contribution in [2.45, 2.75) is 4.90 Å². The first kappa shape index (κ1) is 13.7. The number of halogens is 3. The lowest BCUT2D eigenvalue weighted by Crippen LogP contribution is -2.15. The zero-order valence-electron chi connectivity index (χ0n) is 9.27. The van der Waals surface area contributed by atoms with Crippen LogP contribution in [-0.4, -0.2) is 13.4 Å². The summed E-state index contributed by atoms with van der Waals surface area (Å²) in [6.45, 7) is 0. The third kappa shape index (κ3) is 3.18. The number of hydrogen-bond acceptors (Lipinski definition) is 3. The zero-order chi connectivity index (χ0) is 14.0. The van der Waals surface area contributed by atoms with Gasteiger partial charge in [-0.1, -0.05) is 17.7 Å². The van der Waals surface area contributed by atoms with E-state index in [0.29, 0.717) is 0 Å². The smallest absolute Gasteiger partial charge is 0.263 e. The molecule has 0 radical (unpaired) electrons. The lowest BCUT2D eigenvalue weighted by Gasteiger charge is -2.08. The van der Waals surface area contributed by atoms with Crippen LogP contribution in [0.2, 0.25) is 5.02 Å². The first-order valence-corrected chi connectivity index (χ1v) is 6.85. The summed E-state index contributed by atoms with van der Waals surface area (Å²) in [6.07, 6.45) is 0. The molecule has 1 heterocycles. The van der Waals surface area contributed by atoms with Gasteiger partial charge in [-0.3, -0.25) is 4.72 Å². The van der Waals surface area contributed by atoms with Crippen molar-refractivity contribution in [1.29, 1.82) is 0 Å². The molecule has 0 bridgehead atoms. The summed E-state index contributed by atoms with van der Waals surface area (Å²) < 4.78 is 51.8.